The van der Waals surface area contributed by atoms with E-state index in [0.29, 0.717) is 12.8 Å². The van der Waals surface area contributed by atoms with Gasteiger partial charge in [0.15, 0.2) is 0 Å². The van der Waals surface area contributed by atoms with Crippen molar-refractivity contribution >= 4 is 23.1 Å². The van der Waals surface area contributed by atoms with Crippen LogP contribution in [0.2, 0.25) is 0 Å². The van der Waals surface area contributed by atoms with Crippen LogP contribution in [0.25, 0.3) is 5.57 Å². The number of primary amides is 1. The molecule has 2 amide bonds. The Morgan fingerprint density at radius 1 is 0.788 bits per heavy atom. The fraction of sp³-hybridized carbons (Fsp3) is 0.276. The van der Waals surface area contributed by atoms with Crippen molar-refractivity contribution in [3.05, 3.63) is 103 Å². The molecular formula is C29H33N2O2. The van der Waals surface area contributed by atoms with E-state index in [-0.39, 0.29) is 11.8 Å². The van der Waals surface area contributed by atoms with Gasteiger partial charge in [-0.1, -0.05) is 67.8 Å². The van der Waals surface area contributed by atoms with Crippen molar-refractivity contribution in [2.24, 2.45) is 5.73 Å². The average Bonchev–Trinajstić information content (AvgIpc) is 3.35. The molecule has 4 heteroatoms. The van der Waals surface area contributed by atoms with Gasteiger partial charge in [-0.25, -0.2) is 0 Å². The molecule has 0 bridgehead atoms. The maximum absolute atomic E-state index is 12.3. The lowest BCUT2D eigenvalue weighted by Gasteiger charge is -2.20. The maximum atomic E-state index is 12.3. The number of nitrogens with one attached hydrogen (secondary N) is 1. The van der Waals surface area contributed by atoms with Gasteiger partial charge in [0.2, 0.25) is 11.8 Å². The summed E-state index contributed by atoms with van der Waals surface area (Å²) in [6.07, 6.45) is 13.7. The molecule has 0 unspecified atom stereocenters. The third kappa shape index (κ3) is 7.59. The molecule has 1 saturated carbocycles. The third-order valence-corrected chi connectivity index (χ3v) is 5.76. The van der Waals surface area contributed by atoms with Crippen LogP contribution in [0.1, 0.15) is 63.0 Å². The van der Waals surface area contributed by atoms with Gasteiger partial charge in [-0.15, -0.1) is 0 Å². The van der Waals surface area contributed by atoms with Crippen LogP contribution in [-0.4, -0.2) is 11.8 Å². The van der Waals surface area contributed by atoms with Crippen molar-refractivity contribution < 1.29 is 9.59 Å². The Labute approximate surface area is 198 Å². The number of nitrogens with two attached hydrogens (primary N) is 1. The van der Waals surface area contributed by atoms with E-state index in [1.54, 1.807) is 0 Å². The highest BCUT2D eigenvalue weighted by molar-refractivity contribution is 5.91. The number of rotatable bonds is 12. The molecule has 1 aliphatic rings. The molecule has 171 valence electrons. The molecule has 3 N–H and O–H groups in total. The van der Waals surface area contributed by atoms with Crippen molar-refractivity contribution in [3.8, 4) is 0 Å². The normalized spacial score (nSPS) is 14.7. The Balaban J connectivity index is 1.66. The van der Waals surface area contributed by atoms with Crippen LogP contribution in [0.5, 0.6) is 0 Å². The van der Waals surface area contributed by atoms with E-state index in [0.717, 1.165) is 43.4 Å². The van der Waals surface area contributed by atoms with Gasteiger partial charge in [0.25, 0.3) is 0 Å². The molecule has 0 atom stereocenters. The topological polar surface area (TPSA) is 72.2 Å². The third-order valence-electron chi connectivity index (χ3n) is 5.76. The van der Waals surface area contributed by atoms with Gasteiger partial charge in [-0.3, -0.25) is 9.59 Å². The van der Waals surface area contributed by atoms with Gasteiger partial charge in [-0.2, -0.15) is 0 Å². The Morgan fingerprint density at radius 2 is 1.39 bits per heavy atom. The van der Waals surface area contributed by atoms with E-state index in [9.17, 15) is 9.59 Å². The minimum absolute atomic E-state index is 0.0162. The molecule has 33 heavy (non-hydrogen) atoms. The molecule has 1 aliphatic carbocycles. The highest BCUT2D eigenvalue weighted by Crippen LogP contribution is 2.39. The summed E-state index contributed by atoms with van der Waals surface area (Å²) in [6, 6.07) is 18.6. The summed E-state index contributed by atoms with van der Waals surface area (Å²) >= 11 is 0. The quantitative estimate of drug-likeness (QED) is 0.393. The zero-order chi connectivity index (χ0) is 23.5. The van der Waals surface area contributed by atoms with Crippen LogP contribution < -0.4 is 11.1 Å². The van der Waals surface area contributed by atoms with Gasteiger partial charge < -0.3 is 11.1 Å². The first-order valence-electron chi connectivity index (χ1n) is 11.8. The minimum Gasteiger partial charge on any atom is -0.370 e. The molecule has 0 aromatic heterocycles. The van der Waals surface area contributed by atoms with E-state index in [4.69, 9.17) is 5.73 Å². The first-order valence-corrected chi connectivity index (χ1v) is 11.8. The Kier molecular flexibility index (Phi) is 9.74. The molecule has 4 nitrogen and oxygen atoms in total. The fourth-order valence-corrected chi connectivity index (χ4v) is 4.10. The summed E-state index contributed by atoms with van der Waals surface area (Å²) in [4.78, 5) is 23.1. The van der Waals surface area contributed by atoms with Gasteiger partial charge in [0, 0.05) is 24.4 Å². The Bertz CT molecular complexity index is 926. The number of hydrogen-bond donors (Lipinski definition) is 2. The van der Waals surface area contributed by atoms with Crippen molar-refractivity contribution in [1.29, 1.82) is 0 Å². The van der Waals surface area contributed by atoms with Crippen molar-refractivity contribution in [2.45, 2.75) is 51.9 Å². The highest BCUT2D eigenvalue weighted by Gasteiger charge is 2.24. The monoisotopic (exact) mass is 441 g/mol. The van der Waals surface area contributed by atoms with Crippen LogP contribution in [0.3, 0.4) is 0 Å². The van der Waals surface area contributed by atoms with E-state index in [2.05, 4.69) is 74.3 Å². The molecule has 0 spiro atoms. The van der Waals surface area contributed by atoms with Crippen LogP contribution in [0.4, 0.5) is 5.69 Å². The van der Waals surface area contributed by atoms with Crippen LogP contribution >= 0.6 is 0 Å². The Hall–Kier alpha value is -2.88. The SMILES string of the molecule is CC/C([C]1[CH][CH][CH][CH]1)=C(\c1ccccc1)c1ccc(NC(=O)CCCCCCC(N)=O)cc1. The second-order valence-electron chi connectivity index (χ2n) is 8.25. The first-order chi connectivity index (χ1) is 16.1. The van der Waals surface area contributed by atoms with E-state index >= 15 is 0 Å². The number of amides is 2. The second-order valence-corrected chi connectivity index (χ2v) is 8.25. The fourth-order valence-electron chi connectivity index (χ4n) is 4.10. The largest absolute Gasteiger partial charge is 0.370 e. The van der Waals surface area contributed by atoms with E-state index in [1.165, 1.54) is 22.6 Å². The van der Waals surface area contributed by atoms with E-state index in [1.807, 2.05) is 18.2 Å². The zero-order valence-electron chi connectivity index (χ0n) is 19.3. The molecule has 0 heterocycles. The summed E-state index contributed by atoms with van der Waals surface area (Å²) < 4.78 is 0. The summed E-state index contributed by atoms with van der Waals surface area (Å²) in [6.45, 7) is 2.19. The highest BCUT2D eigenvalue weighted by atomic mass is 16.1. The molecule has 1 fully saturated rings. The van der Waals surface area contributed by atoms with E-state index < -0.39 is 0 Å². The van der Waals surface area contributed by atoms with Gasteiger partial charge >= 0.3 is 0 Å². The van der Waals surface area contributed by atoms with Crippen LogP contribution in [0, 0.1) is 31.6 Å². The number of hydrogen-bond acceptors (Lipinski definition) is 2. The lowest BCUT2D eigenvalue weighted by Crippen LogP contribution is -2.11. The van der Waals surface area contributed by atoms with Crippen LogP contribution in [-0.2, 0) is 9.59 Å². The maximum Gasteiger partial charge on any atom is 0.224 e. The van der Waals surface area contributed by atoms with Gasteiger partial charge in [-0.05, 0) is 73.8 Å². The summed E-state index contributed by atoms with van der Waals surface area (Å²) in [5, 5.41) is 3.00. The number of allylic oxidation sites excluding steroid dienone is 1. The molecule has 5 radical (unpaired) electrons. The van der Waals surface area contributed by atoms with Crippen molar-refractivity contribution in [2.75, 3.05) is 5.32 Å². The number of carbonyl (C=O) groups excluding carboxylic acids is 2. The molecular weight excluding hydrogens is 408 g/mol. The molecule has 0 aliphatic heterocycles. The zero-order valence-corrected chi connectivity index (χ0v) is 19.3. The van der Waals surface area contributed by atoms with Gasteiger partial charge in [0.05, 0.1) is 0 Å². The summed E-state index contributed by atoms with van der Waals surface area (Å²) in [5.41, 5.74) is 10.8. The lowest BCUT2D eigenvalue weighted by atomic mass is 9.84. The molecule has 2 aromatic rings. The Morgan fingerprint density at radius 3 is 2.00 bits per heavy atom. The first kappa shape index (κ1) is 24.8. The standard InChI is InChI=1S/C29H33N2O2/c1-2-26(22-12-10-11-13-22)29(23-14-6-5-7-15-23)24-18-20-25(21-19-24)31-28(33)17-9-4-3-8-16-27(30)32/h5-7,10-15,18-21H,2-4,8-9,16-17H2,1H3,(H2,30,32)(H,31,33)/b29-26-. The molecule has 3 rings (SSSR count). The van der Waals surface area contributed by atoms with Crippen molar-refractivity contribution in [3.63, 3.8) is 0 Å². The predicted octanol–water partition coefficient (Wildman–Crippen LogP) is 6.07. The smallest absolute Gasteiger partial charge is 0.224 e. The molecule has 2 aromatic carbocycles. The number of unbranched alkanes of at least 4 members (excludes halogenated alkanes) is 3. The van der Waals surface area contributed by atoms with Gasteiger partial charge in [0.1, 0.15) is 0 Å². The summed E-state index contributed by atoms with van der Waals surface area (Å²) in [7, 11) is 0. The summed E-state index contributed by atoms with van der Waals surface area (Å²) in [5.74, 6) is 0.995. The predicted molar refractivity (Wildman–Crippen MR) is 135 cm³/mol. The lowest BCUT2D eigenvalue weighted by molar-refractivity contribution is -0.118. The second kappa shape index (κ2) is 13.0. The molecule has 0 saturated heterocycles. The number of carbonyl (C=O) groups is 2. The number of benzene rings is 2. The average molecular weight is 442 g/mol. The van der Waals surface area contributed by atoms with Crippen molar-refractivity contribution in [1.82, 2.24) is 0 Å². The van der Waals surface area contributed by atoms with Crippen LogP contribution in [0.15, 0.2) is 60.2 Å². The number of anilines is 1. The minimum atomic E-state index is -0.262.